The summed E-state index contributed by atoms with van der Waals surface area (Å²) in [6.07, 6.45) is 0.559. The van der Waals surface area contributed by atoms with Crippen molar-refractivity contribution >= 4 is 6.09 Å². The second-order valence-electron chi connectivity index (χ2n) is 4.38. The third-order valence-corrected chi connectivity index (χ3v) is 2.14. The number of carbonyl (C=O) groups is 1. The molecule has 0 aliphatic heterocycles. The van der Waals surface area contributed by atoms with Crippen molar-refractivity contribution in [3.05, 3.63) is 30.3 Å². The van der Waals surface area contributed by atoms with Crippen molar-refractivity contribution in [3.63, 3.8) is 0 Å². The van der Waals surface area contributed by atoms with E-state index in [1.165, 1.54) is 0 Å². The maximum Gasteiger partial charge on any atom is 0.412 e. The van der Waals surface area contributed by atoms with E-state index in [-0.39, 0.29) is 12.1 Å². The first kappa shape index (κ1) is 12.6. The molecule has 0 aliphatic rings. The highest BCUT2D eigenvalue weighted by Gasteiger charge is 2.10. The molecular formula is C13H19NO2. The number of para-hydroxylation sites is 1. The highest BCUT2D eigenvalue weighted by Crippen LogP contribution is 2.09. The number of hydrogen-bond donors (Lipinski definition) is 1. The number of rotatable bonds is 4. The molecule has 0 radical (unpaired) electrons. The minimum absolute atomic E-state index is 0.135. The van der Waals surface area contributed by atoms with Crippen LogP contribution in [0, 0.1) is 5.92 Å². The molecule has 0 bridgehead atoms. The predicted octanol–water partition coefficient (Wildman–Crippen LogP) is 3.21. The molecule has 3 nitrogen and oxygen atoms in total. The topological polar surface area (TPSA) is 38.3 Å². The minimum Gasteiger partial charge on any atom is -0.410 e. The molecule has 1 atom stereocenters. The van der Waals surface area contributed by atoms with Crippen molar-refractivity contribution in [1.29, 1.82) is 0 Å². The van der Waals surface area contributed by atoms with Crippen LogP contribution < -0.4 is 10.1 Å². The predicted molar refractivity (Wildman–Crippen MR) is 64.5 cm³/mol. The summed E-state index contributed by atoms with van der Waals surface area (Å²) in [6, 6.07) is 9.20. The van der Waals surface area contributed by atoms with Crippen LogP contribution in [0.25, 0.3) is 0 Å². The summed E-state index contributed by atoms with van der Waals surface area (Å²) in [5.41, 5.74) is 0. The van der Waals surface area contributed by atoms with Gasteiger partial charge >= 0.3 is 6.09 Å². The van der Waals surface area contributed by atoms with E-state index >= 15 is 0 Å². The number of amides is 1. The summed E-state index contributed by atoms with van der Waals surface area (Å²) < 4.78 is 5.12. The molecule has 0 aromatic heterocycles. The van der Waals surface area contributed by atoms with Crippen molar-refractivity contribution in [3.8, 4) is 5.75 Å². The molecule has 0 saturated heterocycles. The zero-order valence-electron chi connectivity index (χ0n) is 10.1. The first-order valence-electron chi connectivity index (χ1n) is 5.61. The highest BCUT2D eigenvalue weighted by molar-refractivity contribution is 5.70. The normalized spacial score (nSPS) is 12.2. The number of ether oxygens (including phenoxy) is 1. The molecule has 1 aromatic rings. The fourth-order valence-electron chi connectivity index (χ4n) is 1.59. The van der Waals surface area contributed by atoms with Crippen LogP contribution >= 0.6 is 0 Å². The van der Waals surface area contributed by atoms with Crippen LogP contribution in [0.15, 0.2) is 30.3 Å². The average molecular weight is 221 g/mol. The molecule has 1 rings (SSSR count). The van der Waals surface area contributed by atoms with Crippen LogP contribution in [0.5, 0.6) is 5.75 Å². The van der Waals surface area contributed by atoms with Crippen molar-refractivity contribution in [2.24, 2.45) is 5.92 Å². The van der Waals surface area contributed by atoms with Gasteiger partial charge in [0.1, 0.15) is 5.75 Å². The van der Waals surface area contributed by atoms with Crippen molar-refractivity contribution in [2.75, 3.05) is 0 Å². The van der Waals surface area contributed by atoms with Gasteiger partial charge < -0.3 is 10.1 Å². The van der Waals surface area contributed by atoms with E-state index in [0.29, 0.717) is 11.7 Å². The standard InChI is InChI=1S/C13H19NO2/c1-10(2)9-11(3)14-13(15)16-12-7-5-4-6-8-12/h4-8,10-11H,9H2,1-3H3,(H,14,15). The van der Waals surface area contributed by atoms with Crippen LogP contribution in [0.4, 0.5) is 4.79 Å². The Bertz CT molecular complexity index is 322. The van der Waals surface area contributed by atoms with E-state index in [1.54, 1.807) is 12.1 Å². The molecular weight excluding hydrogens is 202 g/mol. The van der Waals surface area contributed by atoms with Gasteiger partial charge in [-0.25, -0.2) is 4.79 Å². The lowest BCUT2D eigenvalue weighted by atomic mass is 10.1. The van der Waals surface area contributed by atoms with E-state index in [2.05, 4.69) is 19.2 Å². The van der Waals surface area contributed by atoms with Gasteiger partial charge in [-0.3, -0.25) is 0 Å². The molecule has 1 amide bonds. The average Bonchev–Trinajstić information content (AvgIpc) is 2.17. The van der Waals surface area contributed by atoms with Gasteiger partial charge in [0.05, 0.1) is 0 Å². The zero-order chi connectivity index (χ0) is 12.0. The summed E-state index contributed by atoms with van der Waals surface area (Å²) in [7, 11) is 0. The summed E-state index contributed by atoms with van der Waals surface area (Å²) in [4.78, 5) is 11.5. The second kappa shape index (κ2) is 6.16. The van der Waals surface area contributed by atoms with Gasteiger partial charge in [0.25, 0.3) is 0 Å². The van der Waals surface area contributed by atoms with E-state index in [9.17, 15) is 4.79 Å². The third-order valence-electron chi connectivity index (χ3n) is 2.14. The second-order valence-corrected chi connectivity index (χ2v) is 4.38. The maximum atomic E-state index is 11.5. The Kier molecular flexibility index (Phi) is 4.83. The van der Waals surface area contributed by atoms with Gasteiger partial charge in [0, 0.05) is 6.04 Å². The summed E-state index contributed by atoms with van der Waals surface area (Å²) in [5.74, 6) is 1.13. The van der Waals surface area contributed by atoms with E-state index in [1.807, 2.05) is 25.1 Å². The van der Waals surface area contributed by atoms with Crippen LogP contribution in [0.3, 0.4) is 0 Å². The molecule has 0 spiro atoms. The lowest BCUT2D eigenvalue weighted by molar-refractivity contribution is 0.195. The van der Waals surface area contributed by atoms with Gasteiger partial charge in [0.2, 0.25) is 0 Å². The number of benzene rings is 1. The summed E-state index contributed by atoms with van der Waals surface area (Å²) in [5, 5.41) is 2.80. The lowest BCUT2D eigenvalue weighted by Crippen LogP contribution is -2.35. The van der Waals surface area contributed by atoms with Gasteiger partial charge in [0.15, 0.2) is 0 Å². The Hall–Kier alpha value is -1.51. The Morgan fingerprint density at radius 3 is 2.44 bits per heavy atom. The molecule has 1 unspecified atom stereocenters. The van der Waals surface area contributed by atoms with Crippen LogP contribution in [-0.2, 0) is 0 Å². The molecule has 0 fully saturated rings. The molecule has 16 heavy (non-hydrogen) atoms. The lowest BCUT2D eigenvalue weighted by Gasteiger charge is -2.15. The van der Waals surface area contributed by atoms with E-state index in [0.717, 1.165) is 6.42 Å². The quantitative estimate of drug-likeness (QED) is 0.847. The number of hydrogen-bond acceptors (Lipinski definition) is 2. The Balaban J connectivity index is 2.36. The largest absolute Gasteiger partial charge is 0.412 e. The van der Waals surface area contributed by atoms with Crippen LogP contribution in [0.1, 0.15) is 27.2 Å². The van der Waals surface area contributed by atoms with Crippen LogP contribution in [-0.4, -0.2) is 12.1 Å². The Morgan fingerprint density at radius 2 is 1.88 bits per heavy atom. The smallest absolute Gasteiger partial charge is 0.410 e. The molecule has 1 N–H and O–H groups in total. The molecule has 1 aromatic carbocycles. The van der Waals surface area contributed by atoms with Crippen LogP contribution in [0.2, 0.25) is 0 Å². The molecule has 0 saturated carbocycles. The Morgan fingerprint density at radius 1 is 1.25 bits per heavy atom. The van der Waals surface area contributed by atoms with Gasteiger partial charge in [-0.15, -0.1) is 0 Å². The summed E-state index contributed by atoms with van der Waals surface area (Å²) in [6.45, 7) is 6.23. The zero-order valence-corrected chi connectivity index (χ0v) is 10.1. The maximum absolute atomic E-state index is 11.5. The third kappa shape index (κ3) is 4.82. The monoisotopic (exact) mass is 221 g/mol. The van der Waals surface area contributed by atoms with Crippen molar-refractivity contribution in [2.45, 2.75) is 33.2 Å². The first-order chi connectivity index (χ1) is 7.58. The highest BCUT2D eigenvalue weighted by atomic mass is 16.6. The number of nitrogens with one attached hydrogen (secondary N) is 1. The van der Waals surface area contributed by atoms with Gasteiger partial charge in [-0.1, -0.05) is 32.0 Å². The van der Waals surface area contributed by atoms with E-state index < -0.39 is 0 Å². The fourth-order valence-corrected chi connectivity index (χ4v) is 1.59. The SMILES string of the molecule is CC(C)CC(C)NC(=O)Oc1ccccc1. The summed E-state index contributed by atoms with van der Waals surface area (Å²) >= 11 is 0. The van der Waals surface area contributed by atoms with Crippen molar-refractivity contribution < 1.29 is 9.53 Å². The molecule has 0 aliphatic carbocycles. The fraction of sp³-hybridized carbons (Fsp3) is 0.462. The van der Waals surface area contributed by atoms with E-state index in [4.69, 9.17) is 4.74 Å². The molecule has 3 heteroatoms. The van der Waals surface area contributed by atoms with Gasteiger partial charge in [-0.2, -0.15) is 0 Å². The molecule has 0 heterocycles. The van der Waals surface area contributed by atoms with Gasteiger partial charge in [-0.05, 0) is 31.4 Å². The van der Waals surface area contributed by atoms with Crippen molar-refractivity contribution in [1.82, 2.24) is 5.32 Å². The first-order valence-corrected chi connectivity index (χ1v) is 5.61. The molecule has 88 valence electrons. The number of carbonyl (C=O) groups excluding carboxylic acids is 1. The Labute approximate surface area is 96.8 Å². The minimum atomic E-state index is -0.389.